The molecule has 0 saturated carbocycles. The molecule has 2 aromatic rings. The third-order valence-corrected chi connectivity index (χ3v) is 4.52. The number of nitrogens with one attached hydrogen (secondary N) is 2. The van der Waals surface area contributed by atoms with Gasteiger partial charge >= 0.3 is 18.2 Å². The van der Waals surface area contributed by atoms with Gasteiger partial charge in [0.05, 0.1) is 6.61 Å². The molecule has 0 saturated heterocycles. The summed E-state index contributed by atoms with van der Waals surface area (Å²) in [5, 5.41) is 15.9. The number of carbonyl (C=O) groups excluding carboxylic acids is 2. The van der Waals surface area contributed by atoms with Crippen LogP contribution >= 0.6 is 11.6 Å². The van der Waals surface area contributed by atoms with Crippen molar-refractivity contribution in [3.8, 4) is 0 Å². The molecule has 10 heteroatoms. The number of alkyl halides is 3. The van der Waals surface area contributed by atoms with Crippen molar-refractivity contribution in [1.29, 1.82) is 0 Å². The molecule has 0 aliphatic carbocycles. The number of hydrogen-bond acceptors (Lipinski definition) is 4. The van der Waals surface area contributed by atoms with Crippen molar-refractivity contribution in [3.63, 3.8) is 0 Å². The summed E-state index contributed by atoms with van der Waals surface area (Å²) in [6.07, 6.45) is -5.31. The molecular formula is C20H20ClF3N2O4. The van der Waals surface area contributed by atoms with Crippen molar-refractivity contribution in [1.82, 2.24) is 0 Å². The second kappa shape index (κ2) is 8.93. The second-order valence-corrected chi connectivity index (χ2v) is 6.94. The largest absolute Gasteiger partial charge is 0.463 e. The molecule has 0 radical (unpaired) electrons. The van der Waals surface area contributed by atoms with Crippen LogP contribution in [0.5, 0.6) is 0 Å². The monoisotopic (exact) mass is 444 g/mol. The van der Waals surface area contributed by atoms with Crippen LogP contribution in [0.3, 0.4) is 0 Å². The van der Waals surface area contributed by atoms with Crippen LogP contribution in [0.1, 0.15) is 23.6 Å². The summed E-state index contributed by atoms with van der Waals surface area (Å²) in [5.74, 6) is -1.82. The molecule has 0 bridgehead atoms. The minimum atomic E-state index is -5.31. The Labute approximate surface area is 176 Å². The Kier molecular flexibility index (Phi) is 6.99. The van der Waals surface area contributed by atoms with E-state index in [0.29, 0.717) is 10.7 Å². The highest BCUT2D eigenvalue weighted by molar-refractivity contribution is 6.30. The van der Waals surface area contributed by atoms with Gasteiger partial charge in [-0.15, -0.1) is 0 Å². The molecule has 0 aliphatic heterocycles. The maximum atomic E-state index is 13.6. The molecule has 2 aromatic carbocycles. The number of anilines is 2. The number of esters is 1. The first-order valence-corrected chi connectivity index (χ1v) is 9.19. The van der Waals surface area contributed by atoms with Crippen LogP contribution < -0.4 is 10.6 Å². The number of amides is 2. The highest BCUT2D eigenvalue weighted by atomic mass is 35.5. The molecule has 2 amide bonds. The molecule has 1 atom stereocenters. The van der Waals surface area contributed by atoms with Crippen LogP contribution in [0.25, 0.3) is 0 Å². The van der Waals surface area contributed by atoms with E-state index in [1.165, 1.54) is 20.8 Å². The lowest BCUT2D eigenvalue weighted by Gasteiger charge is -2.29. The average molecular weight is 445 g/mol. The van der Waals surface area contributed by atoms with Crippen LogP contribution in [0, 0.1) is 13.8 Å². The predicted molar refractivity (Wildman–Crippen MR) is 107 cm³/mol. The van der Waals surface area contributed by atoms with Crippen molar-refractivity contribution >= 4 is 35.0 Å². The van der Waals surface area contributed by atoms with Gasteiger partial charge in [-0.25, -0.2) is 9.59 Å². The molecule has 2 rings (SSSR count). The highest BCUT2D eigenvalue weighted by Crippen LogP contribution is 2.41. The summed E-state index contributed by atoms with van der Waals surface area (Å²) in [5.41, 5.74) is -3.42. The summed E-state index contributed by atoms with van der Waals surface area (Å²) in [6, 6.07) is 7.64. The molecule has 3 N–H and O–H groups in total. The van der Waals surface area contributed by atoms with Crippen LogP contribution in [-0.4, -0.2) is 29.9 Å². The Bertz CT molecular complexity index is 925. The fraction of sp³-hybridized carbons (Fsp3) is 0.300. The Morgan fingerprint density at radius 3 is 2.07 bits per heavy atom. The molecule has 6 nitrogen and oxygen atoms in total. The average Bonchev–Trinajstić information content (AvgIpc) is 2.65. The van der Waals surface area contributed by atoms with Crippen LogP contribution in [0.2, 0.25) is 5.02 Å². The SMILES string of the molecule is CCOC(=O)[C@](O)(c1cc(C)c(NC(=O)Nc2ccc(Cl)cc2)c(C)c1)C(F)(F)F. The summed E-state index contributed by atoms with van der Waals surface area (Å²) in [6.45, 7) is 3.88. The quantitative estimate of drug-likeness (QED) is 0.571. The van der Waals surface area contributed by atoms with Crippen LogP contribution in [-0.2, 0) is 15.1 Å². The number of benzene rings is 2. The van der Waals surface area contributed by atoms with E-state index in [2.05, 4.69) is 15.4 Å². The number of halogens is 4. The Hall–Kier alpha value is -2.78. The number of urea groups is 1. The van der Waals surface area contributed by atoms with Crippen molar-refractivity contribution in [2.45, 2.75) is 32.5 Å². The van der Waals surface area contributed by atoms with E-state index in [-0.39, 0.29) is 23.4 Å². The third kappa shape index (κ3) is 4.85. The third-order valence-electron chi connectivity index (χ3n) is 4.27. The van der Waals surface area contributed by atoms with E-state index in [0.717, 1.165) is 12.1 Å². The molecule has 0 aliphatic rings. The fourth-order valence-corrected chi connectivity index (χ4v) is 2.94. The molecule has 0 spiro atoms. The Balaban J connectivity index is 2.34. The molecular weight excluding hydrogens is 425 g/mol. The number of aryl methyl sites for hydroxylation is 2. The number of aliphatic hydroxyl groups is 1. The maximum Gasteiger partial charge on any atom is 0.432 e. The van der Waals surface area contributed by atoms with Gasteiger partial charge in [0, 0.05) is 22.0 Å². The van der Waals surface area contributed by atoms with Crippen molar-refractivity contribution in [2.75, 3.05) is 17.2 Å². The maximum absolute atomic E-state index is 13.6. The van der Waals surface area contributed by atoms with E-state index < -0.39 is 29.3 Å². The van der Waals surface area contributed by atoms with Gasteiger partial charge in [-0.3, -0.25) is 0 Å². The topological polar surface area (TPSA) is 87.7 Å². The molecule has 0 unspecified atom stereocenters. The van der Waals surface area contributed by atoms with Gasteiger partial charge in [-0.05, 0) is 56.2 Å². The van der Waals surface area contributed by atoms with Crippen molar-refractivity contribution in [3.05, 3.63) is 58.1 Å². The van der Waals surface area contributed by atoms with Gasteiger partial charge < -0.3 is 20.5 Å². The first-order valence-electron chi connectivity index (χ1n) is 8.81. The summed E-state index contributed by atoms with van der Waals surface area (Å²) in [7, 11) is 0. The zero-order valence-corrected chi connectivity index (χ0v) is 17.1. The minimum Gasteiger partial charge on any atom is -0.463 e. The van der Waals surface area contributed by atoms with E-state index in [9.17, 15) is 27.9 Å². The smallest absolute Gasteiger partial charge is 0.432 e. The van der Waals surface area contributed by atoms with Crippen molar-refractivity contribution in [2.24, 2.45) is 0 Å². The number of hydrogen-bond donors (Lipinski definition) is 3. The molecule has 30 heavy (non-hydrogen) atoms. The lowest BCUT2D eigenvalue weighted by Crippen LogP contribution is -2.50. The first-order chi connectivity index (χ1) is 13.9. The zero-order chi connectivity index (χ0) is 22.7. The molecule has 0 fully saturated rings. The van der Waals surface area contributed by atoms with E-state index in [1.807, 2.05) is 0 Å². The lowest BCUT2D eigenvalue weighted by atomic mass is 9.89. The molecule has 0 heterocycles. The molecule has 162 valence electrons. The van der Waals surface area contributed by atoms with E-state index in [1.54, 1.807) is 24.3 Å². The van der Waals surface area contributed by atoms with Crippen molar-refractivity contribution < 1.29 is 32.6 Å². The normalized spacial score (nSPS) is 13.3. The van der Waals surface area contributed by atoms with E-state index >= 15 is 0 Å². The molecule has 0 aromatic heterocycles. The fourth-order valence-electron chi connectivity index (χ4n) is 2.81. The predicted octanol–water partition coefficient (Wildman–Crippen LogP) is 4.91. The number of carbonyl (C=O) groups is 2. The van der Waals surface area contributed by atoms with Gasteiger partial charge in [-0.2, -0.15) is 13.2 Å². The summed E-state index contributed by atoms with van der Waals surface area (Å²) in [4.78, 5) is 24.2. The van der Waals surface area contributed by atoms with Crippen LogP contribution in [0.15, 0.2) is 36.4 Å². The van der Waals surface area contributed by atoms with Gasteiger partial charge in [0.15, 0.2) is 0 Å². The van der Waals surface area contributed by atoms with Gasteiger partial charge in [0.25, 0.3) is 5.60 Å². The number of ether oxygens (including phenoxy) is 1. The van der Waals surface area contributed by atoms with Crippen LogP contribution in [0.4, 0.5) is 29.3 Å². The minimum absolute atomic E-state index is 0.211. The number of rotatable bonds is 5. The highest BCUT2D eigenvalue weighted by Gasteiger charge is 2.62. The summed E-state index contributed by atoms with van der Waals surface area (Å²) >= 11 is 5.78. The van der Waals surface area contributed by atoms with Gasteiger partial charge in [0.2, 0.25) is 0 Å². The summed E-state index contributed by atoms with van der Waals surface area (Å²) < 4.78 is 45.1. The standard InChI is InChI=1S/C20H20ClF3N2O4/c1-4-30-17(27)19(29,20(22,23)24)13-9-11(2)16(12(3)10-13)26-18(28)25-15-7-5-14(21)6-8-15/h5-10,29H,4H2,1-3H3,(H2,25,26,28)/t19-/m1/s1. The van der Waals surface area contributed by atoms with Gasteiger partial charge in [0.1, 0.15) is 0 Å². The Morgan fingerprint density at radius 2 is 1.60 bits per heavy atom. The van der Waals surface area contributed by atoms with Gasteiger partial charge in [-0.1, -0.05) is 23.7 Å². The zero-order valence-electron chi connectivity index (χ0n) is 16.4. The second-order valence-electron chi connectivity index (χ2n) is 6.50. The first kappa shape index (κ1) is 23.5. The van der Waals surface area contributed by atoms with E-state index in [4.69, 9.17) is 11.6 Å². The Morgan fingerprint density at radius 1 is 1.07 bits per heavy atom. The lowest BCUT2D eigenvalue weighted by molar-refractivity contribution is -0.267.